The first-order valence-electron chi connectivity index (χ1n) is 7.46. The maximum Gasteiger partial charge on any atom is 0.234 e. The summed E-state index contributed by atoms with van der Waals surface area (Å²) in [4.78, 5) is 11.8. The van der Waals surface area contributed by atoms with Crippen molar-refractivity contribution in [2.75, 3.05) is 6.54 Å². The summed E-state index contributed by atoms with van der Waals surface area (Å²) >= 11 is 0. The van der Waals surface area contributed by atoms with Crippen LogP contribution >= 0.6 is 0 Å². The van der Waals surface area contributed by atoms with Crippen molar-refractivity contribution in [2.24, 2.45) is 5.92 Å². The maximum atomic E-state index is 11.8. The number of amides is 1. The van der Waals surface area contributed by atoms with Crippen molar-refractivity contribution in [3.05, 3.63) is 35.9 Å². The van der Waals surface area contributed by atoms with Crippen LogP contribution in [0.25, 0.3) is 0 Å². The zero-order chi connectivity index (χ0) is 14.8. The van der Waals surface area contributed by atoms with E-state index in [0.717, 1.165) is 6.42 Å². The van der Waals surface area contributed by atoms with Gasteiger partial charge in [-0.05, 0) is 44.6 Å². The third-order valence-electron chi connectivity index (χ3n) is 4.04. The summed E-state index contributed by atoms with van der Waals surface area (Å²) in [5.74, 6) is 1.28. The predicted molar refractivity (Wildman–Crippen MR) is 82.7 cm³/mol. The molecule has 0 saturated heterocycles. The van der Waals surface area contributed by atoms with Gasteiger partial charge >= 0.3 is 0 Å². The third kappa shape index (κ3) is 3.83. The molecule has 1 aromatic rings. The third-order valence-corrected chi connectivity index (χ3v) is 4.04. The van der Waals surface area contributed by atoms with Crippen LogP contribution in [0.5, 0.6) is 0 Å². The van der Waals surface area contributed by atoms with E-state index >= 15 is 0 Å². The quantitative estimate of drug-likeness (QED) is 0.886. The molecule has 0 spiro atoms. The Morgan fingerprint density at radius 3 is 2.45 bits per heavy atom. The second-order valence-corrected chi connectivity index (χ2v) is 6.90. The Balaban J connectivity index is 1.76. The average molecular weight is 274 g/mol. The zero-order valence-corrected chi connectivity index (χ0v) is 12.9. The van der Waals surface area contributed by atoms with Crippen molar-refractivity contribution in [3.63, 3.8) is 0 Å². The van der Waals surface area contributed by atoms with Crippen LogP contribution in [-0.4, -0.2) is 24.0 Å². The van der Waals surface area contributed by atoms with E-state index < -0.39 is 0 Å². The molecule has 0 aliphatic heterocycles. The minimum absolute atomic E-state index is 0.0767. The normalized spacial score (nSPS) is 25.9. The fourth-order valence-corrected chi connectivity index (χ4v) is 2.88. The molecule has 2 rings (SSSR count). The van der Waals surface area contributed by atoms with E-state index in [1.807, 2.05) is 20.8 Å². The zero-order valence-electron chi connectivity index (χ0n) is 12.9. The van der Waals surface area contributed by atoms with Gasteiger partial charge in [0.25, 0.3) is 0 Å². The molecule has 2 N–H and O–H groups in total. The molecule has 20 heavy (non-hydrogen) atoms. The summed E-state index contributed by atoms with van der Waals surface area (Å²) < 4.78 is 0. The number of carbonyl (C=O) groups excluding carboxylic acids is 1. The molecule has 1 aromatic carbocycles. The van der Waals surface area contributed by atoms with Crippen LogP contribution in [0.2, 0.25) is 0 Å². The molecule has 1 aliphatic rings. The summed E-state index contributed by atoms with van der Waals surface area (Å²) in [5.41, 5.74) is 1.26. The molecule has 0 heterocycles. The van der Waals surface area contributed by atoms with Crippen LogP contribution in [0.4, 0.5) is 0 Å². The first-order chi connectivity index (χ1) is 9.37. The van der Waals surface area contributed by atoms with E-state index in [2.05, 4.69) is 47.9 Å². The summed E-state index contributed by atoms with van der Waals surface area (Å²) in [6.07, 6.45) is 1.12. The number of hydrogen-bond donors (Lipinski definition) is 2. The molecule has 0 unspecified atom stereocenters. The van der Waals surface area contributed by atoms with Crippen LogP contribution < -0.4 is 10.6 Å². The van der Waals surface area contributed by atoms with Gasteiger partial charge in [-0.2, -0.15) is 0 Å². The minimum Gasteiger partial charge on any atom is -0.350 e. The Morgan fingerprint density at radius 2 is 1.90 bits per heavy atom. The van der Waals surface area contributed by atoms with Crippen LogP contribution in [-0.2, 0) is 4.79 Å². The lowest BCUT2D eigenvalue weighted by Crippen LogP contribution is -2.52. The van der Waals surface area contributed by atoms with Crippen molar-refractivity contribution in [1.29, 1.82) is 0 Å². The fourth-order valence-electron chi connectivity index (χ4n) is 2.88. The molecular weight excluding hydrogens is 248 g/mol. The first-order valence-corrected chi connectivity index (χ1v) is 7.46. The van der Waals surface area contributed by atoms with Crippen LogP contribution in [0.3, 0.4) is 0 Å². The molecule has 0 bridgehead atoms. The second kappa shape index (κ2) is 5.96. The SMILES string of the molecule is C[C@H]1[C@@H](c2ccccc2)C[C@H]1NCC(=O)NC(C)(C)C. The Hall–Kier alpha value is -1.35. The smallest absolute Gasteiger partial charge is 0.234 e. The summed E-state index contributed by atoms with van der Waals surface area (Å²) in [6.45, 7) is 8.68. The molecular formula is C17H26N2O. The first kappa shape index (κ1) is 15.0. The molecule has 1 saturated carbocycles. The van der Waals surface area contributed by atoms with Crippen molar-refractivity contribution < 1.29 is 4.79 Å². The van der Waals surface area contributed by atoms with Crippen LogP contribution in [0, 0.1) is 5.92 Å². The lowest BCUT2D eigenvalue weighted by Gasteiger charge is -2.43. The molecule has 1 amide bonds. The monoisotopic (exact) mass is 274 g/mol. The van der Waals surface area contributed by atoms with Crippen LogP contribution in [0.15, 0.2) is 30.3 Å². The maximum absolute atomic E-state index is 11.8. The lowest BCUT2D eigenvalue weighted by atomic mass is 9.67. The highest BCUT2D eigenvalue weighted by Crippen LogP contribution is 2.42. The summed E-state index contributed by atoms with van der Waals surface area (Å²) in [7, 11) is 0. The van der Waals surface area contributed by atoms with Gasteiger partial charge in [0.1, 0.15) is 0 Å². The van der Waals surface area contributed by atoms with E-state index in [-0.39, 0.29) is 11.4 Å². The number of hydrogen-bond acceptors (Lipinski definition) is 2. The van der Waals surface area contributed by atoms with E-state index in [0.29, 0.717) is 24.4 Å². The summed E-state index contributed by atoms with van der Waals surface area (Å²) in [6, 6.07) is 11.1. The van der Waals surface area contributed by atoms with Crippen molar-refractivity contribution in [2.45, 2.75) is 51.6 Å². The van der Waals surface area contributed by atoms with Crippen molar-refractivity contribution in [1.82, 2.24) is 10.6 Å². The van der Waals surface area contributed by atoms with E-state index in [1.54, 1.807) is 0 Å². The largest absolute Gasteiger partial charge is 0.350 e. The van der Waals surface area contributed by atoms with Gasteiger partial charge < -0.3 is 10.6 Å². The molecule has 0 radical (unpaired) electrons. The van der Waals surface area contributed by atoms with Gasteiger partial charge in [0.2, 0.25) is 5.91 Å². The highest BCUT2D eigenvalue weighted by atomic mass is 16.2. The highest BCUT2D eigenvalue weighted by Gasteiger charge is 2.38. The average Bonchev–Trinajstić information content (AvgIpc) is 2.36. The highest BCUT2D eigenvalue weighted by molar-refractivity contribution is 5.78. The predicted octanol–water partition coefficient (Wildman–Crippen LogP) is 2.68. The van der Waals surface area contributed by atoms with Gasteiger partial charge in [-0.25, -0.2) is 0 Å². The van der Waals surface area contributed by atoms with Gasteiger partial charge in [-0.1, -0.05) is 37.3 Å². The Morgan fingerprint density at radius 1 is 1.25 bits per heavy atom. The van der Waals surface area contributed by atoms with Crippen LogP contribution in [0.1, 0.15) is 45.6 Å². The van der Waals surface area contributed by atoms with Gasteiger partial charge in [0, 0.05) is 11.6 Å². The molecule has 0 aromatic heterocycles. The van der Waals surface area contributed by atoms with Gasteiger partial charge in [0.15, 0.2) is 0 Å². The fraction of sp³-hybridized carbons (Fsp3) is 0.588. The topological polar surface area (TPSA) is 41.1 Å². The summed E-state index contributed by atoms with van der Waals surface area (Å²) in [5, 5.41) is 6.36. The number of rotatable bonds is 4. The number of benzene rings is 1. The Bertz CT molecular complexity index is 450. The molecule has 3 atom stereocenters. The minimum atomic E-state index is -0.156. The van der Waals surface area contributed by atoms with Crippen molar-refractivity contribution in [3.8, 4) is 0 Å². The molecule has 1 fully saturated rings. The Labute approximate surface area is 122 Å². The second-order valence-electron chi connectivity index (χ2n) is 6.90. The van der Waals surface area contributed by atoms with E-state index in [1.165, 1.54) is 5.56 Å². The Kier molecular flexibility index (Phi) is 4.48. The van der Waals surface area contributed by atoms with E-state index in [9.17, 15) is 4.79 Å². The van der Waals surface area contributed by atoms with Gasteiger partial charge in [0.05, 0.1) is 6.54 Å². The molecule has 110 valence electrons. The number of nitrogens with one attached hydrogen (secondary N) is 2. The standard InChI is InChI=1S/C17H26N2O/c1-12-14(13-8-6-5-7-9-13)10-15(12)18-11-16(20)19-17(2,3)4/h5-9,12,14-15,18H,10-11H2,1-4H3,(H,19,20)/t12-,14-,15+/m0/s1. The van der Waals surface area contributed by atoms with Gasteiger partial charge in [-0.15, -0.1) is 0 Å². The molecule has 3 heteroatoms. The van der Waals surface area contributed by atoms with Crippen molar-refractivity contribution >= 4 is 5.91 Å². The number of carbonyl (C=O) groups is 1. The van der Waals surface area contributed by atoms with Gasteiger partial charge in [-0.3, -0.25) is 4.79 Å². The van der Waals surface area contributed by atoms with E-state index in [4.69, 9.17) is 0 Å². The molecule has 1 aliphatic carbocycles. The molecule has 3 nitrogen and oxygen atoms in total. The lowest BCUT2D eigenvalue weighted by molar-refractivity contribution is -0.122.